The summed E-state index contributed by atoms with van der Waals surface area (Å²) in [6.45, 7) is 7.08. The van der Waals surface area contributed by atoms with Crippen molar-refractivity contribution in [3.05, 3.63) is 35.4 Å². The van der Waals surface area contributed by atoms with Crippen LogP contribution in [0, 0.1) is 0 Å². The van der Waals surface area contributed by atoms with Gasteiger partial charge in [-0.1, -0.05) is 17.7 Å². The SMILES string of the molecule is CC(C)OP(=O)(OC(C)C)C(Cl)=CNc1ccccn1. The van der Waals surface area contributed by atoms with Crippen molar-refractivity contribution in [3.63, 3.8) is 0 Å². The summed E-state index contributed by atoms with van der Waals surface area (Å²) in [6, 6.07) is 5.38. The lowest BCUT2D eigenvalue weighted by molar-refractivity contribution is 0.148. The number of hydrogen-bond donors (Lipinski definition) is 1. The van der Waals surface area contributed by atoms with E-state index in [1.165, 1.54) is 6.20 Å². The first kappa shape index (κ1) is 17.2. The van der Waals surface area contributed by atoms with Gasteiger partial charge in [-0.05, 0) is 39.8 Å². The number of rotatable bonds is 7. The third-order valence-electron chi connectivity index (χ3n) is 1.96. The molecular weight excluding hydrogens is 299 g/mol. The van der Waals surface area contributed by atoms with Crippen LogP contribution in [0.1, 0.15) is 27.7 Å². The van der Waals surface area contributed by atoms with E-state index in [1.54, 1.807) is 46.0 Å². The predicted molar refractivity (Wildman–Crippen MR) is 81.8 cm³/mol. The zero-order valence-corrected chi connectivity index (χ0v) is 13.7. The van der Waals surface area contributed by atoms with E-state index in [0.29, 0.717) is 5.82 Å². The van der Waals surface area contributed by atoms with Crippen molar-refractivity contribution >= 4 is 25.0 Å². The van der Waals surface area contributed by atoms with Crippen LogP contribution in [0.2, 0.25) is 0 Å². The maximum Gasteiger partial charge on any atom is 0.374 e. The van der Waals surface area contributed by atoms with Gasteiger partial charge in [0, 0.05) is 12.4 Å². The summed E-state index contributed by atoms with van der Waals surface area (Å²) in [7, 11) is -3.52. The highest BCUT2D eigenvalue weighted by Crippen LogP contribution is 2.59. The van der Waals surface area contributed by atoms with E-state index in [2.05, 4.69) is 10.3 Å². The van der Waals surface area contributed by atoms with E-state index in [4.69, 9.17) is 20.6 Å². The number of anilines is 1. The molecule has 0 atom stereocenters. The molecule has 112 valence electrons. The second-order valence-corrected chi connectivity index (χ2v) is 7.20. The fourth-order valence-electron chi connectivity index (χ4n) is 1.34. The van der Waals surface area contributed by atoms with Gasteiger partial charge in [-0.3, -0.25) is 4.57 Å². The molecule has 7 heteroatoms. The van der Waals surface area contributed by atoms with Crippen LogP contribution in [0.25, 0.3) is 0 Å². The van der Waals surface area contributed by atoms with Crippen molar-refractivity contribution in [1.29, 1.82) is 0 Å². The van der Waals surface area contributed by atoms with Gasteiger partial charge in [-0.2, -0.15) is 0 Å². The van der Waals surface area contributed by atoms with Gasteiger partial charge in [-0.15, -0.1) is 0 Å². The highest BCUT2D eigenvalue weighted by atomic mass is 35.5. The van der Waals surface area contributed by atoms with Crippen molar-refractivity contribution in [3.8, 4) is 0 Å². The fourth-order valence-corrected chi connectivity index (χ4v) is 3.22. The molecule has 0 saturated carbocycles. The summed E-state index contributed by atoms with van der Waals surface area (Å²) in [4.78, 5) is 4.07. The molecule has 0 spiro atoms. The predicted octanol–water partition coefficient (Wildman–Crippen LogP) is 4.57. The van der Waals surface area contributed by atoms with Gasteiger partial charge in [0.15, 0.2) is 0 Å². The summed E-state index contributed by atoms with van der Waals surface area (Å²) >= 11 is 6.08. The molecule has 1 aromatic heterocycles. The van der Waals surface area contributed by atoms with Crippen molar-refractivity contribution in [2.75, 3.05) is 5.32 Å². The molecule has 0 aliphatic carbocycles. The van der Waals surface area contributed by atoms with Crippen LogP contribution in [0.5, 0.6) is 0 Å². The molecule has 5 nitrogen and oxygen atoms in total. The van der Waals surface area contributed by atoms with E-state index in [0.717, 1.165) is 0 Å². The molecule has 0 aliphatic rings. The molecular formula is C13H20ClN2O3P. The molecule has 0 bridgehead atoms. The molecule has 0 aliphatic heterocycles. The molecule has 0 fully saturated rings. The number of pyridine rings is 1. The van der Waals surface area contributed by atoms with Crippen LogP contribution < -0.4 is 5.32 Å². The van der Waals surface area contributed by atoms with Crippen LogP contribution in [-0.4, -0.2) is 17.2 Å². The minimum absolute atomic E-state index is 0.00875. The Morgan fingerprint density at radius 2 is 1.90 bits per heavy atom. The quantitative estimate of drug-likeness (QED) is 0.746. The number of halogens is 1. The smallest absolute Gasteiger partial charge is 0.345 e. The van der Waals surface area contributed by atoms with Gasteiger partial charge < -0.3 is 14.4 Å². The largest absolute Gasteiger partial charge is 0.374 e. The molecule has 0 amide bonds. The van der Waals surface area contributed by atoms with E-state index in [9.17, 15) is 4.57 Å². The molecule has 0 unspecified atom stereocenters. The average Bonchev–Trinajstić information content (AvgIpc) is 2.35. The lowest BCUT2D eigenvalue weighted by Gasteiger charge is -2.22. The molecule has 0 saturated heterocycles. The summed E-state index contributed by atoms with van der Waals surface area (Å²) in [5.74, 6) is 0.589. The Balaban J connectivity index is 2.87. The second kappa shape index (κ2) is 7.79. The monoisotopic (exact) mass is 318 g/mol. The standard InChI is InChI=1S/C13H20ClN2O3P/c1-10(2)18-20(17,19-11(3)4)12(14)9-16-13-7-5-6-8-15-13/h5-11H,1-4H3,(H,15,16). The van der Waals surface area contributed by atoms with Crippen LogP contribution >= 0.6 is 19.2 Å². The second-order valence-electron chi connectivity index (χ2n) is 4.63. The number of aromatic nitrogens is 1. The number of nitrogens with zero attached hydrogens (tertiary/aromatic N) is 1. The van der Waals surface area contributed by atoms with Crippen molar-refractivity contribution in [2.24, 2.45) is 0 Å². The topological polar surface area (TPSA) is 60.5 Å². The third kappa shape index (κ3) is 5.63. The van der Waals surface area contributed by atoms with Gasteiger partial charge >= 0.3 is 7.60 Å². The minimum atomic E-state index is -3.52. The molecule has 1 aromatic rings. The highest BCUT2D eigenvalue weighted by Gasteiger charge is 2.32. The molecule has 20 heavy (non-hydrogen) atoms. The fraction of sp³-hybridized carbons (Fsp3) is 0.462. The summed E-state index contributed by atoms with van der Waals surface area (Å²) < 4.78 is 23.4. The first-order chi connectivity index (χ1) is 9.33. The maximum atomic E-state index is 12.7. The van der Waals surface area contributed by atoms with Gasteiger partial charge in [-0.25, -0.2) is 4.98 Å². The van der Waals surface area contributed by atoms with E-state index in [1.807, 2.05) is 6.07 Å². The highest BCUT2D eigenvalue weighted by molar-refractivity contribution is 7.61. The first-order valence-corrected chi connectivity index (χ1v) is 8.26. The Bertz CT molecular complexity index is 478. The van der Waals surface area contributed by atoms with Crippen LogP contribution in [-0.2, 0) is 13.6 Å². The van der Waals surface area contributed by atoms with Gasteiger partial charge in [0.25, 0.3) is 0 Å². The van der Waals surface area contributed by atoms with E-state index < -0.39 is 7.60 Å². The molecule has 1 rings (SSSR count). The van der Waals surface area contributed by atoms with Crippen LogP contribution in [0.15, 0.2) is 35.4 Å². The van der Waals surface area contributed by atoms with Gasteiger partial charge in [0.2, 0.25) is 0 Å². The minimum Gasteiger partial charge on any atom is -0.345 e. The van der Waals surface area contributed by atoms with Crippen molar-refractivity contribution < 1.29 is 13.6 Å². The Labute approximate surface area is 124 Å². The van der Waals surface area contributed by atoms with Crippen LogP contribution in [0.3, 0.4) is 0 Å². The maximum absolute atomic E-state index is 12.7. The van der Waals surface area contributed by atoms with Gasteiger partial charge in [0.1, 0.15) is 10.6 Å². The molecule has 0 radical (unpaired) electrons. The lowest BCUT2D eigenvalue weighted by Crippen LogP contribution is -2.08. The van der Waals surface area contributed by atoms with Crippen LogP contribution in [0.4, 0.5) is 5.82 Å². The molecule has 0 aromatic carbocycles. The van der Waals surface area contributed by atoms with Gasteiger partial charge in [0.05, 0.1) is 12.2 Å². The van der Waals surface area contributed by atoms with Crippen molar-refractivity contribution in [2.45, 2.75) is 39.9 Å². The number of hydrogen-bond acceptors (Lipinski definition) is 5. The van der Waals surface area contributed by atoms with E-state index >= 15 is 0 Å². The Hall–Kier alpha value is -0.870. The zero-order chi connectivity index (χ0) is 15.2. The Morgan fingerprint density at radius 3 is 2.35 bits per heavy atom. The lowest BCUT2D eigenvalue weighted by atomic mass is 10.5. The summed E-state index contributed by atoms with van der Waals surface area (Å²) in [6.07, 6.45) is 2.49. The molecule has 1 heterocycles. The number of nitrogens with one attached hydrogen (secondary N) is 1. The Kier molecular flexibility index (Phi) is 6.69. The van der Waals surface area contributed by atoms with E-state index in [-0.39, 0.29) is 17.0 Å². The summed E-state index contributed by atoms with van der Waals surface area (Å²) in [5.41, 5.74) is 0. The zero-order valence-electron chi connectivity index (χ0n) is 12.0. The average molecular weight is 319 g/mol. The normalized spacial score (nSPS) is 13.1. The first-order valence-electron chi connectivity index (χ1n) is 6.34. The molecule has 1 N–H and O–H groups in total. The summed E-state index contributed by atoms with van der Waals surface area (Å²) in [5, 5.41) is 2.86. The third-order valence-corrected chi connectivity index (χ3v) is 4.75. The Morgan fingerprint density at radius 1 is 1.30 bits per heavy atom. The van der Waals surface area contributed by atoms with Crippen molar-refractivity contribution in [1.82, 2.24) is 4.98 Å².